The maximum absolute atomic E-state index is 9.81. The zero-order chi connectivity index (χ0) is 12.4. The molecule has 0 radical (unpaired) electrons. The van der Waals surface area contributed by atoms with Crippen molar-refractivity contribution in [2.45, 2.75) is 24.4 Å². The van der Waals surface area contributed by atoms with Crippen molar-refractivity contribution < 1.29 is 20.1 Å². The van der Waals surface area contributed by atoms with E-state index in [4.69, 9.17) is 15.1 Å². The van der Waals surface area contributed by atoms with Gasteiger partial charge in [0.2, 0.25) is 0 Å². The van der Waals surface area contributed by atoms with Crippen LogP contribution in [0.5, 0.6) is 0 Å². The summed E-state index contributed by atoms with van der Waals surface area (Å²) in [7, 11) is 0. The topological polar surface area (TPSA) is 107 Å². The number of rotatable bonds is 2. The van der Waals surface area contributed by atoms with Crippen LogP contribution >= 0.6 is 0 Å². The summed E-state index contributed by atoms with van der Waals surface area (Å²) >= 11 is 0. The van der Waals surface area contributed by atoms with Crippen LogP contribution in [0.1, 0.15) is 17.4 Å². The highest BCUT2D eigenvalue weighted by Crippen LogP contribution is 2.34. The molecule has 90 valence electrons. The number of hydrogen-bond donors (Lipinski definition) is 3. The van der Waals surface area contributed by atoms with Crippen LogP contribution in [-0.2, 0) is 4.74 Å². The third kappa shape index (κ3) is 2.01. The molecule has 1 fully saturated rings. The summed E-state index contributed by atoms with van der Waals surface area (Å²) in [5.74, 6) is 0. The van der Waals surface area contributed by atoms with E-state index >= 15 is 0 Å². The molecule has 0 saturated carbocycles. The van der Waals surface area contributed by atoms with Crippen molar-refractivity contribution in [2.75, 3.05) is 6.61 Å². The van der Waals surface area contributed by atoms with Gasteiger partial charge in [0.05, 0.1) is 6.61 Å². The highest BCUT2D eigenvalue weighted by Gasteiger charge is 2.43. The third-order valence-electron chi connectivity index (χ3n) is 2.79. The van der Waals surface area contributed by atoms with Gasteiger partial charge in [0, 0.05) is 11.8 Å². The van der Waals surface area contributed by atoms with E-state index in [1.165, 1.54) is 6.20 Å². The van der Waals surface area contributed by atoms with E-state index < -0.39 is 31.0 Å². The minimum absolute atomic E-state index is 0.141. The second-order valence-corrected chi connectivity index (χ2v) is 3.81. The van der Waals surface area contributed by atoms with Crippen LogP contribution in [0.25, 0.3) is 0 Å². The van der Waals surface area contributed by atoms with Gasteiger partial charge >= 0.3 is 0 Å². The van der Waals surface area contributed by atoms with Gasteiger partial charge in [0.15, 0.2) is 0 Å². The minimum Gasteiger partial charge on any atom is -0.394 e. The Labute approximate surface area is 97.7 Å². The van der Waals surface area contributed by atoms with E-state index in [1.807, 2.05) is 6.07 Å². The second-order valence-electron chi connectivity index (χ2n) is 3.81. The van der Waals surface area contributed by atoms with E-state index in [0.29, 0.717) is 5.56 Å². The number of aliphatic hydroxyl groups excluding tert-OH is 3. The molecule has 0 spiro atoms. The van der Waals surface area contributed by atoms with Crippen LogP contribution in [0.4, 0.5) is 0 Å². The smallest absolute Gasteiger partial charge is 0.146 e. The van der Waals surface area contributed by atoms with Gasteiger partial charge in [0.25, 0.3) is 0 Å². The first-order valence-electron chi connectivity index (χ1n) is 5.16. The minimum atomic E-state index is -1.18. The van der Waals surface area contributed by atoms with E-state index in [9.17, 15) is 10.2 Å². The molecule has 0 unspecified atom stereocenters. The number of hydrogen-bond acceptors (Lipinski definition) is 6. The second kappa shape index (κ2) is 4.77. The maximum Gasteiger partial charge on any atom is 0.146 e. The first-order valence-corrected chi connectivity index (χ1v) is 5.16. The lowest BCUT2D eigenvalue weighted by molar-refractivity contribution is -0.0229. The van der Waals surface area contributed by atoms with Crippen molar-refractivity contribution in [2.24, 2.45) is 0 Å². The molecule has 2 rings (SSSR count). The molecule has 4 atom stereocenters. The summed E-state index contributed by atoms with van der Waals surface area (Å²) in [5, 5.41) is 37.3. The van der Waals surface area contributed by atoms with Crippen molar-refractivity contribution in [3.05, 3.63) is 29.6 Å². The fraction of sp³-hybridized carbons (Fsp3) is 0.455. The van der Waals surface area contributed by atoms with Crippen LogP contribution in [0, 0.1) is 11.3 Å². The summed E-state index contributed by atoms with van der Waals surface area (Å²) in [5.41, 5.74) is 0.555. The molecule has 1 saturated heterocycles. The molecule has 1 aliphatic rings. The Bertz CT molecular complexity index is 445. The van der Waals surface area contributed by atoms with Crippen LogP contribution in [0.3, 0.4) is 0 Å². The quantitative estimate of drug-likeness (QED) is 0.614. The van der Waals surface area contributed by atoms with E-state index in [-0.39, 0.29) is 5.69 Å². The number of aliphatic hydroxyl groups is 3. The van der Waals surface area contributed by atoms with E-state index in [0.717, 1.165) is 0 Å². The standard InChI is InChI=1S/C11H12N2O4/c12-4-7-6(2-1-3-13-7)11-10(16)9(15)8(5-14)17-11/h1-3,8-11,14-16H,5H2/t8-,9-,10-,11-/m1/s1. The summed E-state index contributed by atoms with van der Waals surface area (Å²) in [4.78, 5) is 3.86. The van der Waals surface area contributed by atoms with E-state index in [1.54, 1.807) is 12.1 Å². The molecular weight excluding hydrogens is 224 g/mol. The molecule has 1 aromatic rings. The van der Waals surface area contributed by atoms with Gasteiger partial charge in [-0.3, -0.25) is 0 Å². The van der Waals surface area contributed by atoms with Crippen molar-refractivity contribution in [3.63, 3.8) is 0 Å². The third-order valence-corrected chi connectivity index (χ3v) is 2.79. The Morgan fingerprint density at radius 1 is 1.41 bits per heavy atom. The molecule has 6 heteroatoms. The first-order chi connectivity index (χ1) is 8.19. The van der Waals surface area contributed by atoms with Crippen LogP contribution in [-0.4, -0.2) is 45.2 Å². The molecule has 2 heterocycles. The van der Waals surface area contributed by atoms with Gasteiger partial charge in [-0.25, -0.2) is 4.98 Å². The molecule has 0 aliphatic carbocycles. The Hall–Kier alpha value is -1.52. The summed E-state index contributed by atoms with van der Waals surface area (Å²) in [6.07, 6.45) is -2.57. The van der Waals surface area contributed by atoms with Crippen LogP contribution < -0.4 is 0 Å². The maximum atomic E-state index is 9.81. The summed E-state index contributed by atoms with van der Waals surface area (Å²) in [6.45, 7) is -0.392. The first kappa shape index (κ1) is 12.0. The molecule has 1 aromatic heterocycles. The molecular formula is C11H12N2O4. The van der Waals surface area contributed by atoms with Crippen molar-refractivity contribution in [1.82, 2.24) is 4.98 Å². The van der Waals surface area contributed by atoms with Crippen molar-refractivity contribution in [3.8, 4) is 6.07 Å². The van der Waals surface area contributed by atoms with Crippen LogP contribution in [0.2, 0.25) is 0 Å². The number of nitrogens with zero attached hydrogens (tertiary/aromatic N) is 2. The molecule has 1 aliphatic heterocycles. The largest absolute Gasteiger partial charge is 0.394 e. The highest BCUT2D eigenvalue weighted by atomic mass is 16.6. The number of aromatic nitrogens is 1. The van der Waals surface area contributed by atoms with Gasteiger partial charge in [-0.2, -0.15) is 5.26 Å². The number of nitriles is 1. The fourth-order valence-corrected chi connectivity index (χ4v) is 1.90. The SMILES string of the molecule is N#Cc1ncccc1[C@H]1O[C@H](CO)[C@@H](O)[C@H]1O. The van der Waals surface area contributed by atoms with Crippen molar-refractivity contribution >= 4 is 0 Å². The van der Waals surface area contributed by atoms with Gasteiger partial charge in [-0.15, -0.1) is 0 Å². The summed E-state index contributed by atoms with van der Waals surface area (Å²) in [6, 6.07) is 5.11. The molecule has 0 aromatic carbocycles. The predicted molar refractivity (Wildman–Crippen MR) is 55.7 cm³/mol. The number of ether oxygens (including phenoxy) is 1. The Morgan fingerprint density at radius 2 is 2.18 bits per heavy atom. The lowest BCUT2D eigenvalue weighted by Gasteiger charge is -2.15. The zero-order valence-corrected chi connectivity index (χ0v) is 8.89. The Kier molecular flexibility index (Phi) is 3.36. The van der Waals surface area contributed by atoms with E-state index in [2.05, 4.69) is 4.98 Å². The van der Waals surface area contributed by atoms with Gasteiger partial charge < -0.3 is 20.1 Å². The molecule has 0 bridgehead atoms. The predicted octanol–water partition coefficient (Wildman–Crippen LogP) is -0.893. The van der Waals surface area contributed by atoms with Crippen molar-refractivity contribution in [1.29, 1.82) is 5.26 Å². The van der Waals surface area contributed by atoms with Gasteiger partial charge in [-0.1, -0.05) is 6.07 Å². The lowest BCUT2D eigenvalue weighted by atomic mass is 10.0. The Balaban J connectivity index is 2.32. The molecule has 3 N–H and O–H groups in total. The zero-order valence-electron chi connectivity index (χ0n) is 8.89. The average molecular weight is 236 g/mol. The van der Waals surface area contributed by atoms with Crippen LogP contribution in [0.15, 0.2) is 18.3 Å². The normalized spacial score (nSPS) is 32.4. The summed E-state index contributed by atoms with van der Waals surface area (Å²) < 4.78 is 5.32. The molecule has 17 heavy (non-hydrogen) atoms. The van der Waals surface area contributed by atoms with Gasteiger partial charge in [0.1, 0.15) is 36.2 Å². The number of pyridine rings is 1. The van der Waals surface area contributed by atoms with Gasteiger partial charge in [-0.05, 0) is 6.07 Å². The monoisotopic (exact) mass is 236 g/mol. The fourth-order valence-electron chi connectivity index (χ4n) is 1.90. The average Bonchev–Trinajstić information content (AvgIpc) is 2.66. The molecule has 0 amide bonds. The Morgan fingerprint density at radius 3 is 2.76 bits per heavy atom. The molecule has 6 nitrogen and oxygen atoms in total. The lowest BCUT2D eigenvalue weighted by Crippen LogP contribution is -2.32. The highest BCUT2D eigenvalue weighted by molar-refractivity contribution is 5.34.